The molecule has 0 saturated carbocycles. The number of nitrogens with one attached hydrogen (secondary N) is 3. The molecular weight excluding hydrogens is 374 g/mol. The number of aromatic amines is 1. The molecule has 5 heteroatoms. The number of rotatable bonds is 6. The smallest absolute Gasteiger partial charge is 0.257 e. The van der Waals surface area contributed by atoms with Gasteiger partial charge in [-0.25, -0.2) is 0 Å². The lowest BCUT2D eigenvalue weighted by molar-refractivity contribution is -0.116. The van der Waals surface area contributed by atoms with Crippen molar-refractivity contribution in [3.05, 3.63) is 95.7 Å². The summed E-state index contributed by atoms with van der Waals surface area (Å²) in [5.74, 6) is -0.385. The van der Waals surface area contributed by atoms with E-state index in [-0.39, 0.29) is 11.8 Å². The van der Waals surface area contributed by atoms with Crippen LogP contribution >= 0.6 is 0 Å². The van der Waals surface area contributed by atoms with Crippen LogP contribution in [0.15, 0.2) is 79.0 Å². The summed E-state index contributed by atoms with van der Waals surface area (Å²) in [6.07, 6.45) is 2.89. The predicted octanol–water partition coefficient (Wildman–Crippen LogP) is 5.30. The van der Waals surface area contributed by atoms with E-state index in [1.165, 1.54) is 0 Å². The van der Waals surface area contributed by atoms with Gasteiger partial charge >= 0.3 is 0 Å². The number of amides is 2. The van der Waals surface area contributed by atoms with Crippen molar-refractivity contribution in [2.75, 3.05) is 10.6 Å². The first kappa shape index (κ1) is 19.5. The number of para-hydroxylation sites is 2. The highest BCUT2D eigenvalue weighted by Gasteiger charge is 2.14. The first-order valence-corrected chi connectivity index (χ1v) is 9.92. The van der Waals surface area contributed by atoms with Crippen molar-refractivity contribution < 1.29 is 9.59 Å². The number of carbonyl (C=O) groups excluding carboxylic acids is 2. The average Bonchev–Trinajstić information content (AvgIpc) is 3.16. The van der Waals surface area contributed by atoms with E-state index >= 15 is 0 Å². The Morgan fingerprint density at radius 3 is 2.57 bits per heavy atom. The fourth-order valence-electron chi connectivity index (χ4n) is 3.51. The molecule has 0 bridgehead atoms. The Labute approximate surface area is 175 Å². The standard InChI is InChI=1S/C25H23N3O2/c1-17-7-6-8-19(15-17)27-25(30)21-10-3-5-12-23(21)28-24(29)14-13-18-16-26-22-11-4-2-9-20(18)22/h2-12,15-16,26H,13-14H2,1H3,(H,27,30)(H,28,29). The average molecular weight is 397 g/mol. The molecule has 0 aliphatic carbocycles. The number of carbonyl (C=O) groups is 2. The van der Waals surface area contributed by atoms with Crippen molar-refractivity contribution in [2.45, 2.75) is 19.8 Å². The Balaban J connectivity index is 1.43. The van der Waals surface area contributed by atoms with Gasteiger partial charge in [0.15, 0.2) is 0 Å². The summed E-state index contributed by atoms with van der Waals surface area (Å²) in [6, 6.07) is 22.7. The summed E-state index contributed by atoms with van der Waals surface area (Å²) < 4.78 is 0. The van der Waals surface area contributed by atoms with E-state index in [1.54, 1.807) is 24.3 Å². The van der Waals surface area contributed by atoms with Crippen LogP contribution in [0.5, 0.6) is 0 Å². The third kappa shape index (κ3) is 4.41. The molecular formula is C25H23N3O2. The maximum absolute atomic E-state index is 12.8. The van der Waals surface area contributed by atoms with E-state index in [0.717, 1.165) is 27.7 Å². The number of aryl methyl sites for hydroxylation is 2. The zero-order chi connectivity index (χ0) is 20.9. The molecule has 3 N–H and O–H groups in total. The first-order valence-electron chi connectivity index (χ1n) is 9.92. The molecule has 0 saturated heterocycles. The number of anilines is 2. The molecule has 5 nitrogen and oxygen atoms in total. The van der Waals surface area contributed by atoms with Crippen LogP contribution in [0.25, 0.3) is 10.9 Å². The van der Waals surface area contributed by atoms with Crippen molar-refractivity contribution in [1.29, 1.82) is 0 Å². The van der Waals surface area contributed by atoms with Crippen molar-refractivity contribution in [1.82, 2.24) is 4.98 Å². The number of fused-ring (bicyclic) bond motifs is 1. The van der Waals surface area contributed by atoms with Crippen molar-refractivity contribution >= 4 is 34.1 Å². The van der Waals surface area contributed by atoms with Crippen LogP contribution in [0.4, 0.5) is 11.4 Å². The molecule has 0 atom stereocenters. The van der Waals surface area contributed by atoms with Gasteiger partial charge in [0.1, 0.15) is 0 Å². The topological polar surface area (TPSA) is 74.0 Å². The van der Waals surface area contributed by atoms with Gasteiger partial charge in [-0.3, -0.25) is 9.59 Å². The van der Waals surface area contributed by atoms with E-state index < -0.39 is 0 Å². The van der Waals surface area contributed by atoms with E-state index in [2.05, 4.69) is 15.6 Å². The lowest BCUT2D eigenvalue weighted by Crippen LogP contribution is -2.18. The number of H-pyrrole nitrogens is 1. The van der Waals surface area contributed by atoms with Gasteiger partial charge in [-0.1, -0.05) is 42.5 Å². The van der Waals surface area contributed by atoms with Crippen LogP contribution < -0.4 is 10.6 Å². The zero-order valence-electron chi connectivity index (χ0n) is 16.7. The fourth-order valence-corrected chi connectivity index (χ4v) is 3.51. The molecule has 0 unspecified atom stereocenters. The van der Waals surface area contributed by atoms with Crippen molar-refractivity contribution in [2.24, 2.45) is 0 Å². The van der Waals surface area contributed by atoms with Crippen LogP contribution in [0, 0.1) is 6.92 Å². The third-order valence-electron chi connectivity index (χ3n) is 5.02. The Kier molecular flexibility index (Phi) is 5.61. The summed E-state index contributed by atoms with van der Waals surface area (Å²) in [5.41, 5.74) is 4.88. The van der Waals surface area contributed by atoms with E-state index in [1.807, 2.05) is 61.7 Å². The second-order valence-electron chi connectivity index (χ2n) is 7.28. The Hall–Kier alpha value is -3.86. The maximum Gasteiger partial charge on any atom is 0.257 e. The Morgan fingerprint density at radius 1 is 0.900 bits per heavy atom. The first-order chi connectivity index (χ1) is 14.6. The number of aromatic nitrogens is 1. The van der Waals surface area contributed by atoms with Gasteiger partial charge in [-0.15, -0.1) is 0 Å². The van der Waals surface area contributed by atoms with Gasteiger partial charge in [-0.05, 0) is 54.8 Å². The van der Waals surface area contributed by atoms with Crippen molar-refractivity contribution in [3.63, 3.8) is 0 Å². The summed E-state index contributed by atoms with van der Waals surface area (Å²) in [4.78, 5) is 28.5. The van der Waals surface area contributed by atoms with Gasteiger partial charge in [0.25, 0.3) is 5.91 Å². The number of hydrogen-bond donors (Lipinski definition) is 3. The van der Waals surface area contributed by atoms with Gasteiger partial charge in [0, 0.05) is 29.2 Å². The van der Waals surface area contributed by atoms with Gasteiger partial charge in [0.05, 0.1) is 11.3 Å². The molecule has 0 spiro atoms. The fraction of sp³-hybridized carbons (Fsp3) is 0.120. The largest absolute Gasteiger partial charge is 0.361 e. The highest BCUT2D eigenvalue weighted by Crippen LogP contribution is 2.21. The van der Waals surface area contributed by atoms with Crippen LogP contribution in [0.1, 0.15) is 27.9 Å². The molecule has 1 aromatic heterocycles. The molecule has 3 aromatic carbocycles. The van der Waals surface area contributed by atoms with E-state index in [4.69, 9.17) is 0 Å². The minimum Gasteiger partial charge on any atom is -0.361 e. The van der Waals surface area contributed by atoms with Crippen LogP contribution in [0.2, 0.25) is 0 Å². The third-order valence-corrected chi connectivity index (χ3v) is 5.02. The van der Waals surface area contributed by atoms with E-state index in [0.29, 0.717) is 24.1 Å². The second kappa shape index (κ2) is 8.66. The molecule has 150 valence electrons. The lowest BCUT2D eigenvalue weighted by atomic mass is 10.1. The highest BCUT2D eigenvalue weighted by molar-refractivity contribution is 6.10. The molecule has 4 rings (SSSR count). The highest BCUT2D eigenvalue weighted by atomic mass is 16.2. The Bertz CT molecular complexity index is 1210. The Morgan fingerprint density at radius 2 is 1.70 bits per heavy atom. The van der Waals surface area contributed by atoms with Crippen LogP contribution in [0.3, 0.4) is 0 Å². The predicted molar refractivity (Wildman–Crippen MR) is 121 cm³/mol. The van der Waals surface area contributed by atoms with Gasteiger partial charge in [-0.2, -0.15) is 0 Å². The quantitative estimate of drug-likeness (QED) is 0.413. The molecule has 0 aliphatic rings. The maximum atomic E-state index is 12.8. The monoisotopic (exact) mass is 397 g/mol. The van der Waals surface area contributed by atoms with Crippen LogP contribution in [-0.2, 0) is 11.2 Å². The summed E-state index contributed by atoms with van der Waals surface area (Å²) in [6.45, 7) is 1.97. The molecule has 2 amide bonds. The molecule has 0 radical (unpaired) electrons. The summed E-state index contributed by atoms with van der Waals surface area (Å²) in [7, 11) is 0. The molecule has 30 heavy (non-hydrogen) atoms. The SMILES string of the molecule is Cc1cccc(NC(=O)c2ccccc2NC(=O)CCc2c[nH]c3ccccc23)c1. The van der Waals surface area contributed by atoms with Gasteiger partial charge in [0.2, 0.25) is 5.91 Å². The molecule has 1 heterocycles. The van der Waals surface area contributed by atoms with Crippen LogP contribution in [-0.4, -0.2) is 16.8 Å². The summed E-state index contributed by atoms with van der Waals surface area (Å²) in [5, 5.41) is 6.91. The lowest BCUT2D eigenvalue weighted by Gasteiger charge is -2.12. The summed E-state index contributed by atoms with van der Waals surface area (Å²) >= 11 is 0. The zero-order valence-corrected chi connectivity index (χ0v) is 16.7. The normalized spacial score (nSPS) is 10.7. The molecule has 0 aliphatic heterocycles. The molecule has 4 aromatic rings. The second-order valence-corrected chi connectivity index (χ2v) is 7.28. The number of benzene rings is 3. The van der Waals surface area contributed by atoms with Crippen molar-refractivity contribution in [3.8, 4) is 0 Å². The number of hydrogen-bond acceptors (Lipinski definition) is 2. The minimum atomic E-state index is -0.256. The van der Waals surface area contributed by atoms with E-state index in [9.17, 15) is 9.59 Å². The minimum absolute atomic E-state index is 0.129. The van der Waals surface area contributed by atoms with Gasteiger partial charge < -0.3 is 15.6 Å². The molecule has 0 fully saturated rings.